The van der Waals surface area contributed by atoms with E-state index in [1.54, 1.807) is 18.2 Å². The zero-order valence-electron chi connectivity index (χ0n) is 11.4. The highest BCUT2D eigenvalue weighted by Gasteiger charge is 2.49. The normalized spacial score (nSPS) is 17.7. The van der Waals surface area contributed by atoms with Crippen molar-refractivity contribution in [2.24, 2.45) is 5.41 Å². The molecule has 1 N–H and O–H groups in total. The fourth-order valence-corrected chi connectivity index (χ4v) is 2.86. The summed E-state index contributed by atoms with van der Waals surface area (Å²) in [4.78, 5) is 24.5. The summed E-state index contributed by atoms with van der Waals surface area (Å²) < 4.78 is 0. The van der Waals surface area contributed by atoms with Gasteiger partial charge in [-0.1, -0.05) is 37.0 Å². The van der Waals surface area contributed by atoms with E-state index in [-0.39, 0.29) is 18.2 Å². The quantitative estimate of drug-likeness (QED) is 0.858. The topological polar surface area (TPSA) is 49.4 Å². The van der Waals surface area contributed by atoms with Crippen LogP contribution in [0.1, 0.15) is 33.1 Å². The van der Waals surface area contributed by atoms with E-state index in [9.17, 15) is 9.59 Å². The van der Waals surface area contributed by atoms with Crippen molar-refractivity contribution in [2.75, 3.05) is 5.43 Å². The molecule has 1 aliphatic heterocycles. The Bertz CT molecular complexity index is 556. The van der Waals surface area contributed by atoms with Crippen LogP contribution in [0.2, 0.25) is 10.0 Å². The van der Waals surface area contributed by atoms with Crippen molar-refractivity contribution in [3.05, 3.63) is 28.2 Å². The Balaban J connectivity index is 2.26. The predicted octanol–water partition coefficient (Wildman–Crippen LogP) is 3.89. The molecule has 0 saturated carbocycles. The molecule has 0 bridgehead atoms. The second-order valence-corrected chi connectivity index (χ2v) is 5.78. The van der Waals surface area contributed by atoms with Gasteiger partial charge in [-0.15, -0.1) is 0 Å². The number of carbonyl (C=O) groups is 2. The summed E-state index contributed by atoms with van der Waals surface area (Å²) in [7, 11) is 0. The lowest BCUT2D eigenvalue weighted by atomic mass is 9.81. The first-order chi connectivity index (χ1) is 9.43. The van der Waals surface area contributed by atoms with E-state index in [4.69, 9.17) is 23.2 Å². The largest absolute Gasteiger partial charge is 0.287 e. The van der Waals surface area contributed by atoms with E-state index in [0.717, 1.165) is 5.01 Å². The molecule has 108 valence electrons. The molecule has 1 heterocycles. The summed E-state index contributed by atoms with van der Waals surface area (Å²) in [5, 5.41) is 1.93. The zero-order valence-corrected chi connectivity index (χ0v) is 12.9. The van der Waals surface area contributed by atoms with Gasteiger partial charge in [-0.3, -0.25) is 15.0 Å². The summed E-state index contributed by atoms with van der Waals surface area (Å²) in [6.07, 6.45) is 1.51. The lowest BCUT2D eigenvalue weighted by molar-refractivity contribution is -0.140. The molecular weight excluding hydrogens is 299 g/mol. The van der Waals surface area contributed by atoms with Gasteiger partial charge in [0, 0.05) is 11.4 Å². The van der Waals surface area contributed by atoms with Gasteiger partial charge in [0.25, 0.3) is 5.91 Å². The summed E-state index contributed by atoms with van der Waals surface area (Å²) in [5.41, 5.74) is 2.70. The SMILES string of the molecule is CCC1(CC)CC(=O)N(Nc2ccc(Cl)cc2Cl)C1=O. The van der Waals surface area contributed by atoms with Crippen LogP contribution < -0.4 is 5.43 Å². The average molecular weight is 315 g/mol. The summed E-state index contributed by atoms with van der Waals surface area (Å²) in [6, 6.07) is 4.85. The lowest BCUT2D eigenvalue weighted by Crippen LogP contribution is -2.39. The van der Waals surface area contributed by atoms with Crippen LogP contribution in [0, 0.1) is 5.41 Å². The number of nitrogens with one attached hydrogen (secondary N) is 1. The number of hydrogen-bond acceptors (Lipinski definition) is 3. The molecule has 20 heavy (non-hydrogen) atoms. The first kappa shape index (κ1) is 15.1. The van der Waals surface area contributed by atoms with Crippen molar-refractivity contribution >= 4 is 40.7 Å². The Morgan fingerprint density at radius 2 is 1.90 bits per heavy atom. The smallest absolute Gasteiger partial charge is 0.254 e. The summed E-state index contributed by atoms with van der Waals surface area (Å²) in [6.45, 7) is 3.85. The summed E-state index contributed by atoms with van der Waals surface area (Å²) >= 11 is 11.9. The molecule has 6 heteroatoms. The van der Waals surface area contributed by atoms with Gasteiger partial charge in [-0.05, 0) is 31.0 Å². The maximum absolute atomic E-state index is 12.5. The van der Waals surface area contributed by atoms with Gasteiger partial charge in [0.15, 0.2) is 0 Å². The fourth-order valence-electron chi connectivity index (χ4n) is 2.41. The number of nitrogens with zero attached hydrogens (tertiary/aromatic N) is 1. The van der Waals surface area contributed by atoms with E-state index >= 15 is 0 Å². The number of hydrogen-bond donors (Lipinski definition) is 1. The molecule has 1 aromatic rings. The lowest BCUT2D eigenvalue weighted by Gasteiger charge is -2.24. The number of halogens is 2. The Kier molecular flexibility index (Phi) is 4.25. The minimum Gasteiger partial charge on any atom is -0.287 e. The van der Waals surface area contributed by atoms with E-state index < -0.39 is 5.41 Å². The van der Waals surface area contributed by atoms with Crippen molar-refractivity contribution in [1.29, 1.82) is 0 Å². The van der Waals surface area contributed by atoms with E-state index in [0.29, 0.717) is 28.6 Å². The van der Waals surface area contributed by atoms with Crippen LogP contribution in [0.15, 0.2) is 18.2 Å². The van der Waals surface area contributed by atoms with Crippen molar-refractivity contribution in [2.45, 2.75) is 33.1 Å². The van der Waals surface area contributed by atoms with Crippen molar-refractivity contribution in [3.8, 4) is 0 Å². The molecular formula is C14H16Cl2N2O2. The maximum Gasteiger partial charge on any atom is 0.254 e. The van der Waals surface area contributed by atoms with Crippen LogP contribution >= 0.6 is 23.2 Å². The van der Waals surface area contributed by atoms with Crippen LogP contribution in [-0.2, 0) is 9.59 Å². The van der Waals surface area contributed by atoms with E-state index in [1.165, 1.54) is 0 Å². The molecule has 0 unspecified atom stereocenters. The van der Waals surface area contributed by atoms with Crippen molar-refractivity contribution in [3.63, 3.8) is 0 Å². The Morgan fingerprint density at radius 1 is 1.25 bits per heavy atom. The summed E-state index contributed by atoms with van der Waals surface area (Å²) in [5.74, 6) is -0.428. The standard InChI is InChI=1S/C14H16Cl2N2O2/c1-3-14(4-2)8-12(19)18(13(14)20)17-11-6-5-9(15)7-10(11)16/h5-7,17H,3-4,8H2,1-2H3. The van der Waals surface area contributed by atoms with E-state index in [1.807, 2.05) is 13.8 Å². The number of benzene rings is 1. The van der Waals surface area contributed by atoms with Crippen LogP contribution in [0.4, 0.5) is 5.69 Å². The van der Waals surface area contributed by atoms with Crippen molar-refractivity contribution in [1.82, 2.24) is 5.01 Å². The molecule has 0 radical (unpaired) electrons. The number of imide groups is 1. The number of anilines is 1. The highest BCUT2D eigenvalue weighted by atomic mass is 35.5. The molecule has 2 rings (SSSR count). The van der Waals surface area contributed by atoms with Crippen LogP contribution in [0.5, 0.6) is 0 Å². The third-order valence-electron chi connectivity index (χ3n) is 3.91. The first-order valence-electron chi connectivity index (χ1n) is 6.52. The number of carbonyl (C=O) groups excluding carboxylic acids is 2. The van der Waals surface area contributed by atoms with E-state index in [2.05, 4.69) is 5.43 Å². The third-order valence-corrected chi connectivity index (χ3v) is 4.46. The minimum absolute atomic E-state index is 0.196. The predicted molar refractivity (Wildman–Crippen MR) is 79.6 cm³/mol. The van der Waals surface area contributed by atoms with Crippen molar-refractivity contribution < 1.29 is 9.59 Å². The van der Waals surface area contributed by atoms with Crippen LogP contribution in [0.25, 0.3) is 0 Å². The third kappa shape index (κ3) is 2.50. The molecule has 1 fully saturated rings. The highest BCUT2D eigenvalue weighted by Crippen LogP contribution is 2.39. The molecule has 1 aromatic carbocycles. The molecule has 0 aromatic heterocycles. The molecule has 1 aliphatic rings. The molecule has 2 amide bonds. The van der Waals surface area contributed by atoms with Gasteiger partial charge in [0.1, 0.15) is 0 Å². The highest BCUT2D eigenvalue weighted by molar-refractivity contribution is 6.36. The minimum atomic E-state index is -0.594. The molecule has 0 spiro atoms. The number of hydrazine groups is 1. The molecule has 1 saturated heterocycles. The maximum atomic E-state index is 12.5. The van der Waals surface area contributed by atoms with Gasteiger partial charge in [0.05, 0.1) is 16.1 Å². The monoisotopic (exact) mass is 314 g/mol. The van der Waals surface area contributed by atoms with Gasteiger partial charge >= 0.3 is 0 Å². The van der Waals surface area contributed by atoms with Gasteiger partial charge in [-0.2, -0.15) is 5.01 Å². The van der Waals surface area contributed by atoms with Crippen LogP contribution in [-0.4, -0.2) is 16.8 Å². The molecule has 0 aliphatic carbocycles. The number of rotatable bonds is 4. The average Bonchev–Trinajstić information content (AvgIpc) is 2.66. The Hall–Kier alpha value is -1.26. The second kappa shape index (κ2) is 5.62. The Labute approximate surface area is 128 Å². The first-order valence-corrected chi connectivity index (χ1v) is 7.28. The number of amides is 2. The fraction of sp³-hybridized carbons (Fsp3) is 0.429. The van der Waals surface area contributed by atoms with Gasteiger partial charge in [0.2, 0.25) is 5.91 Å². The van der Waals surface area contributed by atoms with Gasteiger partial charge < -0.3 is 0 Å². The Morgan fingerprint density at radius 3 is 2.40 bits per heavy atom. The molecule has 0 atom stereocenters. The molecule has 4 nitrogen and oxygen atoms in total. The van der Waals surface area contributed by atoms with Gasteiger partial charge in [-0.25, -0.2) is 0 Å². The zero-order chi connectivity index (χ0) is 14.9. The second-order valence-electron chi connectivity index (χ2n) is 4.93. The van der Waals surface area contributed by atoms with Crippen LogP contribution in [0.3, 0.4) is 0 Å².